The summed E-state index contributed by atoms with van der Waals surface area (Å²) in [7, 11) is 1.89. The number of rotatable bonds is 4. The maximum atomic E-state index is 11.8. The smallest absolute Gasteiger partial charge is 0.225 e. The first-order valence-electron chi connectivity index (χ1n) is 5.58. The molecule has 0 saturated heterocycles. The van der Waals surface area contributed by atoms with Gasteiger partial charge in [0.15, 0.2) is 0 Å². The number of carbonyl (C=O) groups is 1. The monoisotopic (exact) mass is 235 g/mol. The summed E-state index contributed by atoms with van der Waals surface area (Å²) in [5.41, 5.74) is 1.20. The Balaban J connectivity index is 1.94. The Kier molecular flexibility index (Phi) is 3.54. The van der Waals surface area contributed by atoms with Crippen LogP contribution in [0.15, 0.2) is 29.2 Å². The fourth-order valence-electron chi connectivity index (χ4n) is 1.72. The standard InChI is InChI=1S/C13H17NOS/c1-14(13(15)11-5-6-11)9-10-3-7-12(16-2)8-4-10/h3-4,7-8,11H,5-6,9H2,1-2H3. The number of carbonyl (C=O) groups excluding carboxylic acids is 1. The summed E-state index contributed by atoms with van der Waals surface area (Å²) in [6.45, 7) is 0.726. The molecule has 2 rings (SSSR count). The fourth-order valence-corrected chi connectivity index (χ4v) is 2.13. The maximum absolute atomic E-state index is 11.8. The Bertz CT molecular complexity index is 370. The van der Waals surface area contributed by atoms with Gasteiger partial charge < -0.3 is 4.90 Å². The highest BCUT2D eigenvalue weighted by molar-refractivity contribution is 7.98. The predicted octanol–water partition coefficient (Wildman–Crippen LogP) is 2.78. The minimum absolute atomic E-state index is 0.300. The van der Waals surface area contributed by atoms with Crippen molar-refractivity contribution in [2.24, 2.45) is 5.92 Å². The first-order valence-corrected chi connectivity index (χ1v) is 6.81. The molecule has 86 valence electrons. The zero-order chi connectivity index (χ0) is 11.5. The molecule has 1 aromatic rings. The lowest BCUT2D eigenvalue weighted by atomic mass is 10.2. The number of thioether (sulfide) groups is 1. The first kappa shape index (κ1) is 11.5. The van der Waals surface area contributed by atoms with Crippen molar-refractivity contribution < 1.29 is 4.79 Å². The molecule has 1 saturated carbocycles. The normalized spacial score (nSPS) is 14.9. The second-order valence-electron chi connectivity index (χ2n) is 4.32. The van der Waals surface area contributed by atoms with E-state index in [1.807, 2.05) is 11.9 Å². The number of nitrogens with zero attached hydrogens (tertiary/aromatic N) is 1. The van der Waals surface area contributed by atoms with Crippen molar-refractivity contribution in [2.45, 2.75) is 24.3 Å². The number of hydrogen-bond acceptors (Lipinski definition) is 2. The predicted molar refractivity (Wildman–Crippen MR) is 67.4 cm³/mol. The summed E-state index contributed by atoms with van der Waals surface area (Å²) in [5.74, 6) is 0.615. The molecule has 1 aliphatic rings. The highest BCUT2D eigenvalue weighted by Gasteiger charge is 2.31. The molecule has 0 aromatic heterocycles. The van der Waals surface area contributed by atoms with Crippen LogP contribution in [0.4, 0.5) is 0 Å². The highest BCUT2D eigenvalue weighted by Crippen LogP contribution is 2.31. The SMILES string of the molecule is CSc1ccc(CN(C)C(=O)C2CC2)cc1. The molecule has 0 atom stereocenters. The molecule has 0 heterocycles. The van der Waals surface area contributed by atoms with Crippen LogP contribution in [0.2, 0.25) is 0 Å². The van der Waals surface area contributed by atoms with E-state index in [1.165, 1.54) is 10.5 Å². The number of hydrogen-bond donors (Lipinski definition) is 0. The zero-order valence-electron chi connectivity index (χ0n) is 9.77. The van der Waals surface area contributed by atoms with Crippen LogP contribution in [0.3, 0.4) is 0 Å². The van der Waals surface area contributed by atoms with Crippen molar-refractivity contribution in [3.8, 4) is 0 Å². The lowest BCUT2D eigenvalue weighted by molar-refractivity contribution is -0.131. The van der Waals surface area contributed by atoms with Crippen LogP contribution in [0.25, 0.3) is 0 Å². The van der Waals surface area contributed by atoms with Crippen LogP contribution in [-0.4, -0.2) is 24.1 Å². The van der Waals surface area contributed by atoms with E-state index in [4.69, 9.17) is 0 Å². The van der Waals surface area contributed by atoms with E-state index in [0.29, 0.717) is 11.8 Å². The molecule has 0 radical (unpaired) electrons. The van der Waals surface area contributed by atoms with Gasteiger partial charge in [-0.1, -0.05) is 12.1 Å². The average Bonchev–Trinajstić information content (AvgIpc) is 3.13. The first-order chi connectivity index (χ1) is 7.70. The molecule has 1 fully saturated rings. The Morgan fingerprint density at radius 1 is 1.38 bits per heavy atom. The van der Waals surface area contributed by atoms with Crippen molar-refractivity contribution in [1.82, 2.24) is 4.90 Å². The zero-order valence-corrected chi connectivity index (χ0v) is 10.6. The summed E-state index contributed by atoms with van der Waals surface area (Å²) >= 11 is 1.74. The van der Waals surface area contributed by atoms with Gasteiger partial charge in [0.1, 0.15) is 0 Å². The third-order valence-electron chi connectivity index (χ3n) is 2.88. The molecule has 3 heteroatoms. The summed E-state index contributed by atoms with van der Waals surface area (Å²) in [6.07, 6.45) is 4.22. The van der Waals surface area contributed by atoms with Crippen LogP contribution in [0.1, 0.15) is 18.4 Å². The van der Waals surface area contributed by atoms with E-state index in [1.54, 1.807) is 11.8 Å². The Labute approximate surface area is 101 Å². The molecule has 1 aromatic carbocycles. The van der Waals surface area contributed by atoms with E-state index in [9.17, 15) is 4.79 Å². The summed E-state index contributed by atoms with van der Waals surface area (Å²) in [6, 6.07) is 8.41. The summed E-state index contributed by atoms with van der Waals surface area (Å²) in [4.78, 5) is 14.9. The highest BCUT2D eigenvalue weighted by atomic mass is 32.2. The molecule has 2 nitrogen and oxygen atoms in total. The summed E-state index contributed by atoms with van der Waals surface area (Å²) < 4.78 is 0. The minimum atomic E-state index is 0.300. The van der Waals surface area contributed by atoms with E-state index in [-0.39, 0.29) is 0 Å². The van der Waals surface area contributed by atoms with E-state index < -0.39 is 0 Å². The molecule has 1 amide bonds. The van der Waals surface area contributed by atoms with Crippen LogP contribution in [-0.2, 0) is 11.3 Å². The second-order valence-corrected chi connectivity index (χ2v) is 5.20. The Hall–Kier alpha value is -0.960. The van der Waals surface area contributed by atoms with Gasteiger partial charge in [0.25, 0.3) is 0 Å². The van der Waals surface area contributed by atoms with Gasteiger partial charge in [-0.25, -0.2) is 0 Å². The average molecular weight is 235 g/mol. The van der Waals surface area contributed by atoms with Gasteiger partial charge in [0, 0.05) is 24.4 Å². The van der Waals surface area contributed by atoms with E-state index >= 15 is 0 Å². The molecule has 0 N–H and O–H groups in total. The molecular formula is C13H17NOS. The minimum Gasteiger partial charge on any atom is -0.341 e. The van der Waals surface area contributed by atoms with E-state index in [2.05, 4.69) is 30.5 Å². The van der Waals surface area contributed by atoms with Crippen LogP contribution in [0.5, 0.6) is 0 Å². The molecule has 0 aliphatic heterocycles. The molecule has 0 unspecified atom stereocenters. The van der Waals surface area contributed by atoms with Gasteiger partial charge in [-0.3, -0.25) is 4.79 Å². The lowest BCUT2D eigenvalue weighted by Crippen LogP contribution is -2.27. The van der Waals surface area contributed by atoms with Gasteiger partial charge in [0.05, 0.1) is 0 Å². The molecule has 0 bridgehead atoms. The number of amides is 1. The van der Waals surface area contributed by atoms with Gasteiger partial charge in [0.2, 0.25) is 5.91 Å². The molecule has 1 aliphatic carbocycles. The largest absolute Gasteiger partial charge is 0.341 e. The van der Waals surface area contributed by atoms with Crippen molar-refractivity contribution >= 4 is 17.7 Å². The lowest BCUT2D eigenvalue weighted by Gasteiger charge is -2.17. The topological polar surface area (TPSA) is 20.3 Å². The van der Waals surface area contributed by atoms with Crippen LogP contribution < -0.4 is 0 Å². The van der Waals surface area contributed by atoms with Crippen molar-refractivity contribution in [2.75, 3.05) is 13.3 Å². The van der Waals surface area contributed by atoms with Crippen molar-refractivity contribution in [3.63, 3.8) is 0 Å². The van der Waals surface area contributed by atoms with Gasteiger partial charge in [-0.05, 0) is 36.8 Å². The van der Waals surface area contributed by atoms with Crippen LogP contribution in [0, 0.1) is 5.92 Å². The van der Waals surface area contributed by atoms with Crippen LogP contribution >= 0.6 is 11.8 Å². The third kappa shape index (κ3) is 2.79. The van der Waals surface area contributed by atoms with Gasteiger partial charge in [-0.15, -0.1) is 11.8 Å². The molecular weight excluding hydrogens is 218 g/mol. The quantitative estimate of drug-likeness (QED) is 0.748. The van der Waals surface area contributed by atoms with Crippen molar-refractivity contribution in [1.29, 1.82) is 0 Å². The van der Waals surface area contributed by atoms with Gasteiger partial charge in [-0.2, -0.15) is 0 Å². The molecule has 16 heavy (non-hydrogen) atoms. The Morgan fingerprint density at radius 3 is 2.50 bits per heavy atom. The second kappa shape index (κ2) is 4.91. The maximum Gasteiger partial charge on any atom is 0.225 e. The third-order valence-corrected chi connectivity index (χ3v) is 3.63. The fraction of sp³-hybridized carbons (Fsp3) is 0.462. The van der Waals surface area contributed by atoms with E-state index in [0.717, 1.165) is 19.4 Å². The van der Waals surface area contributed by atoms with Gasteiger partial charge >= 0.3 is 0 Å². The molecule has 0 spiro atoms. The number of benzene rings is 1. The van der Waals surface area contributed by atoms with Crippen molar-refractivity contribution in [3.05, 3.63) is 29.8 Å². The Morgan fingerprint density at radius 2 is 2.00 bits per heavy atom. The summed E-state index contributed by atoms with van der Waals surface area (Å²) in [5, 5.41) is 0.